The van der Waals surface area contributed by atoms with Crippen LogP contribution in [0.15, 0.2) is 36.4 Å². The number of phenolic OH excluding ortho intramolecular Hbond substituents is 1. The summed E-state index contributed by atoms with van der Waals surface area (Å²) in [7, 11) is 0. The van der Waals surface area contributed by atoms with Gasteiger partial charge in [0.15, 0.2) is 0 Å². The van der Waals surface area contributed by atoms with Gasteiger partial charge in [0.2, 0.25) is 0 Å². The lowest BCUT2D eigenvalue weighted by atomic mass is 10.1. The number of ether oxygens (including phenoxy) is 1. The number of nitrogens with zero attached hydrogens (tertiary/aromatic N) is 1. The number of nitrogens with one attached hydrogen (secondary N) is 1. The fourth-order valence-electron chi connectivity index (χ4n) is 3.45. The highest BCUT2D eigenvalue weighted by Crippen LogP contribution is 2.25. The molecule has 0 spiro atoms. The average molecular weight is 342 g/mol. The maximum Gasteiger partial charge on any atom is 0.255 e. The Morgan fingerprint density at radius 2 is 1.84 bits per heavy atom. The minimum atomic E-state index is -0.246. The lowest BCUT2D eigenvalue weighted by molar-refractivity contribution is -0.0778. The number of carbonyl (C=O) groups is 1. The topological polar surface area (TPSA) is 61.8 Å². The number of rotatable bonds is 4. The van der Waals surface area contributed by atoms with Crippen molar-refractivity contribution in [3.63, 3.8) is 0 Å². The predicted molar refractivity (Wildman–Crippen MR) is 99.0 cm³/mol. The summed E-state index contributed by atoms with van der Waals surface area (Å²) in [5.74, 6) is -0.234. The summed E-state index contributed by atoms with van der Waals surface area (Å²) in [6.07, 6.45) is 0.401. The molecule has 0 radical (unpaired) electrons. The van der Waals surface area contributed by atoms with Gasteiger partial charge in [-0.1, -0.05) is 24.3 Å². The van der Waals surface area contributed by atoms with E-state index >= 15 is 0 Å². The highest BCUT2D eigenvalue weighted by Gasteiger charge is 2.26. The minimum absolute atomic E-state index is 0.0115. The number of phenols is 1. The average Bonchev–Trinajstić information content (AvgIpc) is 2.57. The van der Waals surface area contributed by atoms with Gasteiger partial charge in [-0.3, -0.25) is 9.69 Å². The van der Waals surface area contributed by atoms with E-state index < -0.39 is 0 Å². The molecule has 2 aromatic carbocycles. The third-order valence-electron chi connectivity index (χ3n) is 4.74. The van der Waals surface area contributed by atoms with Crippen molar-refractivity contribution in [3.05, 3.63) is 42.0 Å². The molecule has 25 heavy (non-hydrogen) atoms. The third kappa shape index (κ3) is 4.11. The van der Waals surface area contributed by atoms with Crippen molar-refractivity contribution in [2.24, 2.45) is 0 Å². The standard InChI is InChI=1S/C20H26N2O3/c1-13(22-11-14(2)25-15(3)12-22)10-21-20(24)18-8-16-6-4-5-7-17(16)9-19(18)23/h4-9,13-15,23H,10-12H2,1-3H3,(H,21,24)/t13-,14-,15+/m0/s1. The summed E-state index contributed by atoms with van der Waals surface area (Å²) in [6, 6.07) is 11.3. The monoisotopic (exact) mass is 342 g/mol. The molecule has 134 valence electrons. The summed E-state index contributed by atoms with van der Waals surface area (Å²) in [4.78, 5) is 14.8. The Morgan fingerprint density at radius 1 is 1.24 bits per heavy atom. The lowest BCUT2D eigenvalue weighted by Gasteiger charge is -2.39. The van der Waals surface area contributed by atoms with Crippen LogP contribution in [0.2, 0.25) is 0 Å². The number of benzene rings is 2. The molecule has 1 saturated heterocycles. The first-order valence-corrected chi connectivity index (χ1v) is 8.83. The Hall–Kier alpha value is -2.11. The molecule has 1 amide bonds. The van der Waals surface area contributed by atoms with Gasteiger partial charge in [-0.05, 0) is 43.7 Å². The molecule has 5 nitrogen and oxygen atoms in total. The van der Waals surface area contributed by atoms with Crippen LogP contribution in [0.25, 0.3) is 10.8 Å². The second-order valence-electron chi connectivity index (χ2n) is 6.99. The van der Waals surface area contributed by atoms with Gasteiger partial charge in [0.25, 0.3) is 5.91 Å². The Morgan fingerprint density at radius 3 is 2.48 bits per heavy atom. The fourth-order valence-corrected chi connectivity index (χ4v) is 3.45. The first-order valence-electron chi connectivity index (χ1n) is 8.83. The van der Waals surface area contributed by atoms with Crippen LogP contribution in [0.5, 0.6) is 5.75 Å². The van der Waals surface area contributed by atoms with E-state index in [0.29, 0.717) is 12.1 Å². The molecule has 2 aromatic rings. The zero-order valence-electron chi connectivity index (χ0n) is 15.0. The second-order valence-corrected chi connectivity index (χ2v) is 6.99. The van der Waals surface area contributed by atoms with E-state index in [2.05, 4.69) is 31.0 Å². The number of carbonyl (C=O) groups excluding carboxylic acids is 1. The van der Waals surface area contributed by atoms with Crippen molar-refractivity contribution in [2.45, 2.75) is 39.0 Å². The van der Waals surface area contributed by atoms with Crippen LogP contribution in [0.3, 0.4) is 0 Å². The quantitative estimate of drug-likeness (QED) is 0.897. The molecule has 0 unspecified atom stereocenters. The van der Waals surface area contributed by atoms with Crippen molar-refractivity contribution in [1.29, 1.82) is 0 Å². The van der Waals surface area contributed by atoms with Gasteiger partial charge in [0.05, 0.1) is 17.8 Å². The van der Waals surface area contributed by atoms with Gasteiger partial charge in [0.1, 0.15) is 5.75 Å². The summed E-state index contributed by atoms with van der Waals surface area (Å²) >= 11 is 0. The van der Waals surface area contributed by atoms with E-state index in [1.807, 2.05) is 24.3 Å². The van der Waals surface area contributed by atoms with Crippen LogP contribution in [0, 0.1) is 0 Å². The van der Waals surface area contributed by atoms with Crippen LogP contribution < -0.4 is 5.32 Å². The van der Waals surface area contributed by atoms with Gasteiger partial charge in [-0.15, -0.1) is 0 Å². The van der Waals surface area contributed by atoms with Gasteiger partial charge >= 0.3 is 0 Å². The number of hydrogen-bond donors (Lipinski definition) is 2. The zero-order valence-corrected chi connectivity index (χ0v) is 15.0. The summed E-state index contributed by atoms with van der Waals surface area (Å²) in [5.41, 5.74) is 0.314. The number of amides is 1. The molecular formula is C20H26N2O3. The van der Waals surface area contributed by atoms with Crippen LogP contribution in [-0.2, 0) is 4.74 Å². The highest BCUT2D eigenvalue weighted by molar-refractivity contribution is 6.01. The van der Waals surface area contributed by atoms with Crippen LogP contribution >= 0.6 is 0 Å². The largest absolute Gasteiger partial charge is 0.507 e. The second kappa shape index (κ2) is 7.42. The van der Waals surface area contributed by atoms with Gasteiger partial charge in [-0.25, -0.2) is 0 Å². The molecule has 0 aliphatic carbocycles. The molecule has 3 atom stereocenters. The Balaban J connectivity index is 1.65. The van der Waals surface area contributed by atoms with Crippen LogP contribution in [0.4, 0.5) is 0 Å². The number of morpholine rings is 1. The predicted octanol–water partition coefficient (Wildman–Crippen LogP) is 2.77. The SMILES string of the molecule is C[C@@H]1CN([C@@H](C)CNC(=O)c2cc3ccccc3cc2O)C[C@H](C)O1. The molecular weight excluding hydrogens is 316 g/mol. The maximum absolute atomic E-state index is 12.5. The zero-order chi connectivity index (χ0) is 18.0. The smallest absolute Gasteiger partial charge is 0.255 e. The van der Waals surface area contributed by atoms with E-state index in [0.717, 1.165) is 23.9 Å². The Bertz CT molecular complexity index is 752. The summed E-state index contributed by atoms with van der Waals surface area (Å²) < 4.78 is 5.76. The molecule has 0 bridgehead atoms. The molecule has 2 N–H and O–H groups in total. The fraction of sp³-hybridized carbons (Fsp3) is 0.450. The van der Waals surface area contributed by atoms with E-state index in [1.54, 1.807) is 12.1 Å². The van der Waals surface area contributed by atoms with Crippen LogP contribution in [-0.4, -0.2) is 53.8 Å². The van der Waals surface area contributed by atoms with E-state index in [1.165, 1.54) is 0 Å². The molecule has 0 aromatic heterocycles. The Kier molecular flexibility index (Phi) is 5.25. The Labute approximate surface area is 148 Å². The summed E-state index contributed by atoms with van der Waals surface area (Å²) in [5, 5.41) is 15.0. The molecule has 0 saturated carbocycles. The first kappa shape index (κ1) is 17.7. The maximum atomic E-state index is 12.5. The first-order chi connectivity index (χ1) is 11.9. The molecule has 1 fully saturated rings. The molecule has 5 heteroatoms. The van der Waals surface area contributed by atoms with Crippen molar-refractivity contribution < 1.29 is 14.6 Å². The lowest BCUT2D eigenvalue weighted by Crippen LogP contribution is -2.52. The van der Waals surface area contributed by atoms with Crippen molar-refractivity contribution in [2.75, 3.05) is 19.6 Å². The third-order valence-corrected chi connectivity index (χ3v) is 4.74. The molecule has 3 rings (SSSR count). The number of aromatic hydroxyl groups is 1. The van der Waals surface area contributed by atoms with Gasteiger partial charge in [-0.2, -0.15) is 0 Å². The van der Waals surface area contributed by atoms with Crippen LogP contribution in [0.1, 0.15) is 31.1 Å². The van der Waals surface area contributed by atoms with Gasteiger partial charge < -0.3 is 15.2 Å². The number of fused-ring (bicyclic) bond motifs is 1. The van der Waals surface area contributed by atoms with Crippen molar-refractivity contribution in [3.8, 4) is 5.75 Å². The van der Waals surface area contributed by atoms with E-state index in [4.69, 9.17) is 4.74 Å². The van der Waals surface area contributed by atoms with Crippen molar-refractivity contribution in [1.82, 2.24) is 10.2 Å². The minimum Gasteiger partial charge on any atom is -0.507 e. The molecule has 1 aliphatic heterocycles. The van der Waals surface area contributed by atoms with Gasteiger partial charge in [0, 0.05) is 25.7 Å². The highest BCUT2D eigenvalue weighted by atomic mass is 16.5. The molecule has 1 aliphatic rings. The normalized spacial score (nSPS) is 22.7. The summed E-state index contributed by atoms with van der Waals surface area (Å²) in [6.45, 7) is 8.50. The number of hydrogen-bond acceptors (Lipinski definition) is 4. The van der Waals surface area contributed by atoms with E-state index in [9.17, 15) is 9.90 Å². The van der Waals surface area contributed by atoms with Crippen molar-refractivity contribution >= 4 is 16.7 Å². The molecule has 1 heterocycles. The van der Waals surface area contributed by atoms with E-state index in [-0.39, 0.29) is 29.9 Å².